The van der Waals surface area contributed by atoms with Crippen LogP contribution < -0.4 is 20.1 Å². The molecule has 5 rings (SSSR count). The van der Waals surface area contributed by atoms with E-state index < -0.39 is 5.97 Å². The van der Waals surface area contributed by atoms with Crippen molar-refractivity contribution in [3.63, 3.8) is 0 Å². The molecule has 0 bridgehead atoms. The van der Waals surface area contributed by atoms with Gasteiger partial charge in [0.25, 0.3) is 5.91 Å². The quantitative estimate of drug-likeness (QED) is 0.436. The van der Waals surface area contributed by atoms with Gasteiger partial charge in [-0.2, -0.15) is 0 Å². The molecule has 1 amide bonds. The summed E-state index contributed by atoms with van der Waals surface area (Å²) in [7, 11) is 1.53. The van der Waals surface area contributed by atoms with Gasteiger partial charge in [0.1, 0.15) is 11.2 Å². The highest BCUT2D eigenvalue weighted by atomic mass is 32.1. The Kier molecular flexibility index (Phi) is 5.35. The first kappa shape index (κ1) is 20.6. The van der Waals surface area contributed by atoms with Gasteiger partial charge < -0.3 is 20.1 Å². The predicted octanol–water partition coefficient (Wildman–Crippen LogP) is 4.95. The second-order valence-electron chi connectivity index (χ2n) is 8.27. The monoisotopic (exact) mass is 448 g/mol. The number of benzene rings is 2. The lowest BCUT2D eigenvalue weighted by molar-refractivity contribution is 0.0729. The summed E-state index contributed by atoms with van der Waals surface area (Å²) in [6.45, 7) is 2.26. The molecule has 0 saturated carbocycles. The molecule has 2 heterocycles. The third-order valence-corrected chi connectivity index (χ3v) is 7.21. The first-order chi connectivity index (χ1) is 15.5. The molecule has 0 saturated heterocycles. The molecule has 2 aliphatic rings. The second-order valence-corrected chi connectivity index (χ2v) is 9.38. The van der Waals surface area contributed by atoms with Crippen LogP contribution in [0.25, 0.3) is 0 Å². The van der Waals surface area contributed by atoms with E-state index in [1.165, 1.54) is 17.6 Å². The molecule has 0 radical (unpaired) electrons. The van der Waals surface area contributed by atoms with Gasteiger partial charge in [0, 0.05) is 4.88 Å². The second kappa shape index (κ2) is 8.31. The van der Waals surface area contributed by atoms with Crippen LogP contribution in [0.2, 0.25) is 0 Å². The van der Waals surface area contributed by atoms with Gasteiger partial charge in [0.05, 0.1) is 18.2 Å². The smallest absolute Gasteiger partial charge is 0.343 e. The van der Waals surface area contributed by atoms with E-state index in [1.807, 2.05) is 12.1 Å². The fraction of sp³-hybridized carbons (Fsp3) is 0.280. The van der Waals surface area contributed by atoms with Crippen molar-refractivity contribution in [2.75, 3.05) is 12.4 Å². The number of methoxy groups -OCH3 is 1. The first-order valence-corrected chi connectivity index (χ1v) is 11.5. The minimum absolute atomic E-state index is 0.0469. The molecule has 1 aliphatic carbocycles. The van der Waals surface area contributed by atoms with Crippen molar-refractivity contribution in [2.24, 2.45) is 5.92 Å². The number of amides is 1. The number of fused-ring (bicyclic) bond motifs is 3. The van der Waals surface area contributed by atoms with E-state index in [4.69, 9.17) is 9.47 Å². The van der Waals surface area contributed by atoms with Gasteiger partial charge in [-0.15, -0.1) is 11.3 Å². The largest absolute Gasteiger partial charge is 0.493 e. The maximum absolute atomic E-state index is 13.0. The molecule has 2 aromatic carbocycles. The maximum Gasteiger partial charge on any atom is 0.343 e. The lowest BCUT2D eigenvalue weighted by Gasteiger charge is -2.27. The van der Waals surface area contributed by atoms with Gasteiger partial charge >= 0.3 is 5.97 Å². The average Bonchev–Trinajstić information content (AvgIpc) is 3.17. The van der Waals surface area contributed by atoms with Gasteiger partial charge in [-0.05, 0) is 60.6 Å². The highest BCUT2D eigenvalue weighted by molar-refractivity contribution is 7.16. The number of thiophene rings is 1. The Labute approximate surface area is 190 Å². The number of esters is 1. The van der Waals surface area contributed by atoms with Crippen LogP contribution in [0.4, 0.5) is 5.00 Å². The Morgan fingerprint density at radius 3 is 2.69 bits per heavy atom. The summed E-state index contributed by atoms with van der Waals surface area (Å²) < 4.78 is 11.0. The summed E-state index contributed by atoms with van der Waals surface area (Å²) in [5, 5.41) is 7.47. The van der Waals surface area contributed by atoms with E-state index in [1.54, 1.807) is 47.7 Å². The maximum atomic E-state index is 13.0. The van der Waals surface area contributed by atoms with Crippen molar-refractivity contribution in [3.8, 4) is 11.5 Å². The zero-order valence-corrected chi connectivity index (χ0v) is 18.8. The molecular formula is C25H24N2O4S. The standard InChI is InChI=1S/C25H24N2O4S/c1-14-8-10-17-20(12-14)32-24-21(17)23(28)26-22(27-24)16-9-11-18(19(13-16)30-2)31-25(29)15-6-4-3-5-7-15/h3-7,9,11,13-14,22,27H,8,10,12H2,1-2H3,(H,26,28)/t14-,22-/m0/s1. The Hall–Kier alpha value is -3.32. The van der Waals surface area contributed by atoms with Crippen LogP contribution in [-0.4, -0.2) is 19.0 Å². The van der Waals surface area contributed by atoms with Gasteiger partial charge in [-0.1, -0.05) is 31.2 Å². The van der Waals surface area contributed by atoms with Crippen molar-refractivity contribution < 1.29 is 19.1 Å². The molecule has 3 aromatic rings. The van der Waals surface area contributed by atoms with Crippen molar-refractivity contribution in [2.45, 2.75) is 32.4 Å². The van der Waals surface area contributed by atoms with E-state index in [9.17, 15) is 9.59 Å². The normalized spacial score (nSPS) is 19.2. The summed E-state index contributed by atoms with van der Waals surface area (Å²) in [6.07, 6.45) is 2.72. The zero-order valence-electron chi connectivity index (χ0n) is 17.9. The molecule has 1 aliphatic heterocycles. The van der Waals surface area contributed by atoms with Gasteiger partial charge in [0.2, 0.25) is 0 Å². The Morgan fingerprint density at radius 1 is 1.09 bits per heavy atom. The Balaban J connectivity index is 1.39. The topological polar surface area (TPSA) is 76.7 Å². The van der Waals surface area contributed by atoms with E-state index in [0.29, 0.717) is 23.0 Å². The number of ether oxygens (including phenoxy) is 2. The number of carbonyl (C=O) groups excluding carboxylic acids is 2. The zero-order chi connectivity index (χ0) is 22.2. The predicted molar refractivity (Wildman–Crippen MR) is 124 cm³/mol. The fourth-order valence-electron chi connectivity index (χ4n) is 4.31. The molecule has 0 unspecified atom stereocenters. The molecule has 2 atom stereocenters. The fourth-order valence-corrected chi connectivity index (χ4v) is 5.75. The molecule has 7 heteroatoms. The highest BCUT2D eigenvalue weighted by Crippen LogP contribution is 2.43. The minimum Gasteiger partial charge on any atom is -0.493 e. The minimum atomic E-state index is -0.455. The van der Waals surface area contributed by atoms with Crippen LogP contribution in [0.3, 0.4) is 0 Å². The summed E-state index contributed by atoms with van der Waals surface area (Å²) in [6, 6.07) is 14.1. The number of anilines is 1. The molecule has 1 aromatic heterocycles. The summed E-state index contributed by atoms with van der Waals surface area (Å²) in [5.74, 6) is 0.899. The molecule has 6 nitrogen and oxygen atoms in total. The summed E-state index contributed by atoms with van der Waals surface area (Å²) >= 11 is 1.69. The third-order valence-electron chi connectivity index (χ3n) is 6.02. The van der Waals surface area contributed by atoms with Gasteiger partial charge in [0.15, 0.2) is 11.5 Å². The Bertz CT molecular complexity index is 1190. The number of hydrogen-bond acceptors (Lipinski definition) is 6. The lowest BCUT2D eigenvalue weighted by Crippen LogP contribution is -2.38. The molecule has 164 valence electrons. The SMILES string of the molecule is COc1cc([C@H]2NC(=O)c3c(sc4c3CC[C@H](C)C4)N2)ccc1OC(=O)c1ccccc1. The Morgan fingerprint density at radius 2 is 1.91 bits per heavy atom. The molecule has 2 N–H and O–H groups in total. The van der Waals surface area contributed by atoms with Crippen molar-refractivity contribution >= 4 is 28.2 Å². The number of hydrogen-bond donors (Lipinski definition) is 2. The average molecular weight is 449 g/mol. The van der Waals surface area contributed by atoms with Crippen molar-refractivity contribution in [3.05, 3.63) is 75.7 Å². The van der Waals surface area contributed by atoms with Crippen LogP contribution in [0.5, 0.6) is 11.5 Å². The van der Waals surface area contributed by atoms with Crippen LogP contribution in [0, 0.1) is 5.92 Å². The molecule has 0 spiro atoms. The van der Waals surface area contributed by atoms with Crippen LogP contribution in [-0.2, 0) is 12.8 Å². The first-order valence-electron chi connectivity index (χ1n) is 10.7. The van der Waals surface area contributed by atoms with E-state index in [0.717, 1.165) is 35.4 Å². The van der Waals surface area contributed by atoms with E-state index in [-0.39, 0.29) is 12.1 Å². The van der Waals surface area contributed by atoms with E-state index in [2.05, 4.69) is 17.6 Å². The lowest BCUT2D eigenvalue weighted by atomic mass is 9.88. The third kappa shape index (κ3) is 3.73. The number of rotatable bonds is 4. The summed E-state index contributed by atoms with van der Waals surface area (Å²) in [5.41, 5.74) is 3.28. The number of nitrogens with one attached hydrogen (secondary N) is 2. The highest BCUT2D eigenvalue weighted by Gasteiger charge is 2.33. The van der Waals surface area contributed by atoms with Crippen LogP contribution in [0.15, 0.2) is 48.5 Å². The summed E-state index contributed by atoms with van der Waals surface area (Å²) in [4.78, 5) is 26.7. The number of carbonyl (C=O) groups is 2. The van der Waals surface area contributed by atoms with Crippen LogP contribution >= 0.6 is 11.3 Å². The van der Waals surface area contributed by atoms with Crippen LogP contribution in [0.1, 0.15) is 56.2 Å². The van der Waals surface area contributed by atoms with Gasteiger partial charge in [-0.25, -0.2) is 4.79 Å². The van der Waals surface area contributed by atoms with Gasteiger partial charge in [-0.3, -0.25) is 4.79 Å². The van der Waals surface area contributed by atoms with E-state index >= 15 is 0 Å². The molecule has 32 heavy (non-hydrogen) atoms. The van der Waals surface area contributed by atoms with Crippen molar-refractivity contribution in [1.29, 1.82) is 0 Å². The van der Waals surface area contributed by atoms with Crippen molar-refractivity contribution in [1.82, 2.24) is 5.32 Å². The molecule has 0 fully saturated rings. The molecular weight excluding hydrogens is 424 g/mol.